The first-order chi connectivity index (χ1) is 10.6. The molecule has 22 heavy (non-hydrogen) atoms. The van der Waals surface area contributed by atoms with Crippen LogP contribution >= 0.6 is 11.6 Å². The van der Waals surface area contributed by atoms with E-state index in [4.69, 9.17) is 11.6 Å². The van der Waals surface area contributed by atoms with E-state index in [0.29, 0.717) is 17.6 Å². The van der Waals surface area contributed by atoms with Gasteiger partial charge in [-0.3, -0.25) is 9.67 Å². The topological polar surface area (TPSA) is 78.5 Å². The SMILES string of the molecule is Cn1c(=O)[nH]c2ccc(NCc3c(Cl)n[nH]c3C3CC3)cc21. The predicted molar refractivity (Wildman–Crippen MR) is 86.4 cm³/mol. The Morgan fingerprint density at radius 2 is 2.27 bits per heavy atom. The first-order valence-electron chi connectivity index (χ1n) is 7.29. The van der Waals surface area contributed by atoms with Gasteiger partial charge in [-0.05, 0) is 31.0 Å². The quantitative estimate of drug-likeness (QED) is 0.692. The monoisotopic (exact) mass is 317 g/mol. The molecule has 3 aromatic rings. The number of imidazole rings is 1. The Morgan fingerprint density at radius 1 is 1.45 bits per heavy atom. The highest BCUT2D eigenvalue weighted by molar-refractivity contribution is 6.30. The van der Waals surface area contributed by atoms with Crippen molar-refractivity contribution in [2.75, 3.05) is 5.32 Å². The summed E-state index contributed by atoms with van der Waals surface area (Å²) >= 11 is 6.17. The number of aromatic nitrogens is 4. The summed E-state index contributed by atoms with van der Waals surface area (Å²) in [5.41, 5.74) is 4.72. The van der Waals surface area contributed by atoms with Gasteiger partial charge in [0.1, 0.15) is 0 Å². The standard InChI is InChI=1S/C15H16ClN5O/c1-21-12-6-9(4-5-11(12)18-15(21)22)17-7-10-13(8-2-3-8)19-20-14(10)16/h4-6,8,17H,2-3,7H2,1H3,(H,18,22)(H,19,20). The fourth-order valence-corrected chi connectivity index (χ4v) is 2.97. The number of aryl methyl sites for hydroxylation is 1. The summed E-state index contributed by atoms with van der Waals surface area (Å²) in [6.07, 6.45) is 2.39. The van der Waals surface area contributed by atoms with Gasteiger partial charge in [0.25, 0.3) is 0 Å². The molecule has 1 aliphatic rings. The van der Waals surface area contributed by atoms with E-state index in [9.17, 15) is 4.79 Å². The third-order valence-electron chi connectivity index (χ3n) is 4.21. The molecule has 1 aromatic carbocycles. The predicted octanol–water partition coefficient (Wildman–Crippen LogP) is 2.73. The van der Waals surface area contributed by atoms with E-state index in [1.54, 1.807) is 11.6 Å². The van der Waals surface area contributed by atoms with Crippen LogP contribution in [0.15, 0.2) is 23.0 Å². The second kappa shape index (κ2) is 4.91. The van der Waals surface area contributed by atoms with Crippen LogP contribution in [-0.2, 0) is 13.6 Å². The molecule has 4 rings (SSSR count). The van der Waals surface area contributed by atoms with Crippen LogP contribution in [0.3, 0.4) is 0 Å². The van der Waals surface area contributed by atoms with Gasteiger partial charge in [-0.25, -0.2) is 4.79 Å². The lowest BCUT2D eigenvalue weighted by Crippen LogP contribution is -2.11. The van der Waals surface area contributed by atoms with E-state index >= 15 is 0 Å². The number of nitrogens with one attached hydrogen (secondary N) is 3. The van der Waals surface area contributed by atoms with E-state index in [1.165, 1.54) is 12.8 Å². The molecule has 1 saturated carbocycles. The molecule has 0 bridgehead atoms. The molecule has 1 fully saturated rings. The average Bonchev–Trinajstić information content (AvgIpc) is 3.23. The molecule has 7 heteroatoms. The zero-order chi connectivity index (χ0) is 15.3. The van der Waals surface area contributed by atoms with Crippen molar-refractivity contribution in [1.82, 2.24) is 19.7 Å². The fourth-order valence-electron chi connectivity index (χ4n) is 2.76. The number of H-pyrrole nitrogens is 2. The van der Waals surface area contributed by atoms with Crippen LogP contribution in [0.5, 0.6) is 0 Å². The third-order valence-corrected chi connectivity index (χ3v) is 4.52. The molecular formula is C15H16ClN5O. The van der Waals surface area contributed by atoms with Crippen LogP contribution < -0.4 is 11.0 Å². The summed E-state index contributed by atoms with van der Waals surface area (Å²) in [4.78, 5) is 14.4. The van der Waals surface area contributed by atoms with Gasteiger partial charge in [0.05, 0.1) is 11.0 Å². The average molecular weight is 318 g/mol. The molecule has 0 spiro atoms. The van der Waals surface area contributed by atoms with Crippen molar-refractivity contribution >= 4 is 28.3 Å². The molecule has 0 atom stereocenters. The number of aromatic amines is 2. The Bertz CT molecular complexity index is 902. The second-order valence-corrected chi connectivity index (χ2v) is 6.11. The lowest BCUT2D eigenvalue weighted by molar-refractivity contribution is 0.891. The minimum atomic E-state index is -0.110. The Morgan fingerprint density at radius 3 is 3.05 bits per heavy atom. The smallest absolute Gasteiger partial charge is 0.326 e. The summed E-state index contributed by atoms with van der Waals surface area (Å²) in [5.74, 6) is 0.574. The number of benzene rings is 1. The van der Waals surface area contributed by atoms with Crippen LogP contribution in [0.25, 0.3) is 11.0 Å². The summed E-state index contributed by atoms with van der Waals surface area (Å²) in [6.45, 7) is 0.616. The number of rotatable bonds is 4. The molecule has 0 amide bonds. The first-order valence-corrected chi connectivity index (χ1v) is 7.66. The normalized spacial score (nSPS) is 14.6. The molecule has 0 aliphatic heterocycles. The fraction of sp³-hybridized carbons (Fsp3) is 0.333. The Balaban J connectivity index is 1.60. The molecule has 2 aromatic heterocycles. The molecule has 114 valence electrons. The summed E-state index contributed by atoms with van der Waals surface area (Å²) in [7, 11) is 1.75. The van der Waals surface area contributed by atoms with Crippen molar-refractivity contribution < 1.29 is 0 Å². The van der Waals surface area contributed by atoms with Crippen molar-refractivity contribution in [3.05, 3.63) is 45.1 Å². The Labute approximate surface area is 131 Å². The number of nitrogens with zero attached hydrogens (tertiary/aromatic N) is 2. The first kappa shape index (κ1) is 13.5. The summed E-state index contributed by atoms with van der Waals surface area (Å²) in [6, 6.07) is 5.80. The maximum absolute atomic E-state index is 11.6. The Kier molecular flexibility index (Phi) is 3.00. The number of anilines is 1. The van der Waals surface area contributed by atoms with Crippen LogP contribution in [-0.4, -0.2) is 19.7 Å². The zero-order valence-electron chi connectivity index (χ0n) is 12.1. The zero-order valence-corrected chi connectivity index (χ0v) is 12.9. The van der Waals surface area contributed by atoms with E-state index in [0.717, 1.165) is 28.0 Å². The molecule has 6 nitrogen and oxygen atoms in total. The molecular weight excluding hydrogens is 302 g/mol. The maximum atomic E-state index is 11.6. The van der Waals surface area contributed by atoms with Crippen LogP contribution in [0, 0.1) is 0 Å². The molecule has 3 N–H and O–H groups in total. The summed E-state index contributed by atoms with van der Waals surface area (Å²) < 4.78 is 1.60. The van der Waals surface area contributed by atoms with Crippen molar-refractivity contribution in [2.24, 2.45) is 7.05 Å². The molecule has 2 heterocycles. The molecule has 0 radical (unpaired) electrons. The van der Waals surface area contributed by atoms with Crippen LogP contribution in [0.1, 0.15) is 30.0 Å². The highest BCUT2D eigenvalue weighted by Gasteiger charge is 2.29. The number of hydrogen-bond acceptors (Lipinski definition) is 3. The van der Waals surface area contributed by atoms with Crippen LogP contribution in [0.2, 0.25) is 5.15 Å². The maximum Gasteiger partial charge on any atom is 0.326 e. The van der Waals surface area contributed by atoms with Crippen molar-refractivity contribution in [3.8, 4) is 0 Å². The number of fused-ring (bicyclic) bond motifs is 1. The van der Waals surface area contributed by atoms with Gasteiger partial charge in [0, 0.05) is 36.5 Å². The van der Waals surface area contributed by atoms with E-state index < -0.39 is 0 Å². The van der Waals surface area contributed by atoms with Crippen LogP contribution in [0.4, 0.5) is 5.69 Å². The van der Waals surface area contributed by atoms with E-state index in [1.807, 2.05) is 18.2 Å². The van der Waals surface area contributed by atoms with Gasteiger partial charge >= 0.3 is 5.69 Å². The summed E-state index contributed by atoms with van der Waals surface area (Å²) in [5, 5.41) is 11.0. The lowest BCUT2D eigenvalue weighted by Gasteiger charge is -2.08. The van der Waals surface area contributed by atoms with Gasteiger partial charge in [-0.15, -0.1) is 0 Å². The minimum Gasteiger partial charge on any atom is -0.381 e. The van der Waals surface area contributed by atoms with Crippen molar-refractivity contribution in [3.63, 3.8) is 0 Å². The van der Waals surface area contributed by atoms with Gasteiger partial charge < -0.3 is 10.3 Å². The molecule has 1 aliphatic carbocycles. The molecule has 0 saturated heterocycles. The minimum absolute atomic E-state index is 0.110. The van der Waals surface area contributed by atoms with E-state index in [2.05, 4.69) is 20.5 Å². The van der Waals surface area contributed by atoms with Gasteiger partial charge in [-0.2, -0.15) is 5.10 Å². The van der Waals surface area contributed by atoms with Gasteiger partial charge in [-0.1, -0.05) is 11.6 Å². The number of hydrogen-bond donors (Lipinski definition) is 3. The lowest BCUT2D eigenvalue weighted by atomic mass is 10.1. The third kappa shape index (κ3) is 2.20. The van der Waals surface area contributed by atoms with Crippen molar-refractivity contribution in [1.29, 1.82) is 0 Å². The highest BCUT2D eigenvalue weighted by Crippen LogP contribution is 2.42. The van der Waals surface area contributed by atoms with Gasteiger partial charge in [0.15, 0.2) is 5.15 Å². The second-order valence-electron chi connectivity index (χ2n) is 5.76. The molecule has 0 unspecified atom stereocenters. The largest absolute Gasteiger partial charge is 0.381 e. The number of halogens is 1. The highest BCUT2D eigenvalue weighted by atomic mass is 35.5. The van der Waals surface area contributed by atoms with E-state index in [-0.39, 0.29) is 5.69 Å². The van der Waals surface area contributed by atoms with Crippen molar-refractivity contribution in [2.45, 2.75) is 25.3 Å². The van der Waals surface area contributed by atoms with Gasteiger partial charge in [0.2, 0.25) is 0 Å². The Hall–Kier alpha value is -2.21.